The molecule has 0 spiro atoms. The maximum absolute atomic E-state index is 10.7. The highest BCUT2D eigenvalue weighted by atomic mass is 32.2. The van der Waals surface area contributed by atoms with Gasteiger partial charge in [0.15, 0.2) is 0 Å². The van der Waals surface area contributed by atoms with Crippen molar-refractivity contribution >= 4 is 17.4 Å². The van der Waals surface area contributed by atoms with Crippen molar-refractivity contribution in [2.24, 2.45) is 0 Å². The molecule has 4 nitrogen and oxygen atoms in total. The molecule has 2 atom stereocenters. The largest absolute Gasteiger partial charge is 0.313 e. The van der Waals surface area contributed by atoms with E-state index in [2.05, 4.69) is 12.2 Å². The fourth-order valence-electron chi connectivity index (χ4n) is 2.73. The zero-order chi connectivity index (χ0) is 14.4. The van der Waals surface area contributed by atoms with Crippen molar-refractivity contribution in [3.8, 4) is 0 Å². The summed E-state index contributed by atoms with van der Waals surface area (Å²) in [5.41, 5.74) is 0.165. The van der Waals surface area contributed by atoms with Gasteiger partial charge in [0, 0.05) is 28.3 Å². The van der Waals surface area contributed by atoms with Gasteiger partial charge in [-0.2, -0.15) is 0 Å². The highest BCUT2D eigenvalue weighted by molar-refractivity contribution is 8.00. The Labute approximate surface area is 124 Å². The third-order valence-corrected chi connectivity index (χ3v) is 5.17. The summed E-state index contributed by atoms with van der Waals surface area (Å²) in [7, 11) is 0. The lowest BCUT2D eigenvalue weighted by molar-refractivity contribution is -0.384. The van der Waals surface area contributed by atoms with E-state index in [1.165, 1.54) is 32.1 Å². The number of nitrogens with one attached hydrogen (secondary N) is 1. The maximum Gasteiger partial charge on any atom is 0.269 e. The van der Waals surface area contributed by atoms with Crippen LogP contribution in [0.25, 0.3) is 0 Å². The van der Waals surface area contributed by atoms with E-state index >= 15 is 0 Å². The van der Waals surface area contributed by atoms with Crippen LogP contribution in [0.2, 0.25) is 0 Å². The first-order chi connectivity index (χ1) is 9.70. The number of nitro benzene ring substituents is 1. The van der Waals surface area contributed by atoms with Crippen molar-refractivity contribution in [3.63, 3.8) is 0 Å². The van der Waals surface area contributed by atoms with E-state index in [0.29, 0.717) is 11.3 Å². The van der Waals surface area contributed by atoms with Gasteiger partial charge in [-0.25, -0.2) is 0 Å². The predicted octanol–water partition coefficient (Wildman–Crippen LogP) is 4.00. The van der Waals surface area contributed by atoms with E-state index in [9.17, 15) is 10.1 Å². The topological polar surface area (TPSA) is 55.2 Å². The summed E-state index contributed by atoms with van der Waals surface area (Å²) in [4.78, 5) is 11.5. The van der Waals surface area contributed by atoms with Gasteiger partial charge in [0.05, 0.1) is 4.92 Å². The van der Waals surface area contributed by atoms with E-state index in [-0.39, 0.29) is 10.6 Å². The molecule has 20 heavy (non-hydrogen) atoms. The Morgan fingerprint density at radius 3 is 2.60 bits per heavy atom. The summed E-state index contributed by atoms with van der Waals surface area (Å²) in [6.45, 7) is 3.15. The molecule has 1 aliphatic carbocycles. The Hall–Kier alpha value is -1.07. The molecule has 0 radical (unpaired) electrons. The Morgan fingerprint density at radius 2 is 1.95 bits per heavy atom. The zero-order valence-corrected chi connectivity index (χ0v) is 12.7. The van der Waals surface area contributed by atoms with Gasteiger partial charge in [0.2, 0.25) is 0 Å². The second-order valence-electron chi connectivity index (χ2n) is 5.21. The number of non-ortho nitro benzene ring substituents is 1. The van der Waals surface area contributed by atoms with E-state index in [1.54, 1.807) is 12.1 Å². The number of hydrogen-bond acceptors (Lipinski definition) is 4. The highest BCUT2D eigenvalue weighted by Gasteiger charge is 2.23. The molecule has 0 aromatic heterocycles. The summed E-state index contributed by atoms with van der Waals surface area (Å²) in [5, 5.41) is 14.8. The van der Waals surface area contributed by atoms with Gasteiger partial charge >= 0.3 is 0 Å². The van der Waals surface area contributed by atoms with Crippen LogP contribution in [0.4, 0.5) is 5.69 Å². The second-order valence-corrected chi connectivity index (χ2v) is 6.52. The lowest BCUT2D eigenvalue weighted by Crippen LogP contribution is -2.37. The standard InChI is InChI=1S/C15H22N2O2S/c1-2-16-14-6-4-3-5-7-15(14)20-13-10-8-12(9-11-13)17(18)19/h8-11,14-16H,2-7H2,1H3. The number of nitro groups is 1. The van der Waals surface area contributed by atoms with Gasteiger partial charge in [0.1, 0.15) is 0 Å². The van der Waals surface area contributed by atoms with Crippen molar-refractivity contribution in [3.05, 3.63) is 34.4 Å². The Kier molecular flexibility index (Phi) is 5.86. The monoisotopic (exact) mass is 294 g/mol. The van der Waals surface area contributed by atoms with E-state index in [0.717, 1.165) is 11.4 Å². The van der Waals surface area contributed by atoms with Crippen molar-refractivity contribution in [2.75, 3.05) is 6.54 Å². The molecule has 1 aliphatic rings. The molecule has 0 saturated heterocycles. The minimum Gasteiger partial charge on any atom is -0.313 e. The average molecular weight is 294 g/mol. The Morgan fingerprint density at radius 1 is 1.25 bits per heavy atom. The average Bonchev–Trinajstić information content (AvgIpc) is 2.66. The molecule has 0 amide bonds. The smallest absolute Gasteiger partial charge is 0.269 e. The van der Waals surface area contributed by atoms with Gasteiger partial charge in [-0.05, 0) is 31.5 Å². The van der Waals surface area contributed by atoms with Gasteiger partial charge in [-0.3, -0.25) is 10.1 Å². The zero-order valence-electron chi connectivity index (χ0n) is 11.9. The van der Waals surface area contributed by atoms with Crippen LogP contribution >= 0.6 is 11.8 Å². The molecule has 110 valence electrons. The first kappa shape index (κ1) is 15.3. The lowest BCUT2D eigenvalue weighted by Gasteiger charge is -2.25. The maximum atomic E-state index is 10.7. The minimum atomic E-state index is -0.346. The van der Waals surface area contributed by atoms with E-state index < -0.39 is 0 Å². The number of nitrogens with zero attached hydrogens (tertiary/aromatic N) is 1. The molecule has 2 unspecified atom stereocenters. The van der Waals surface area contributed by atoms with Gasteiger partial charge in [-0.1, -0.05) is 26.2 Å². The molecule has 1 fully saturated rings. The number of thioether (sulfide) groups is 1. The lowest BCUT2D eigenvalue weighted by atomic mass is 10.1. The molecular formula is C15H22N2O2S. The van der Waals surface area contributed by atoms with Crippen molar-refractivity contribution in [1.82, 2.24) is 5.32 Å². The Balaban J connectivity index is 2.03. The molecule has 0 bridgehead atoms. The number of benzene rings is 1. The van der Waals surface area contributed by atoms with Crippen LogP contribution in [0.3, 0.4) is 0 Å². The summed E-state index contributed by atoms with van der Waals surface area (Å²) in [6.07, 6.45) is 6.36. The van der Waals surface area contributed by atoms with Crippen LogP contribution in [0, 0.1) is 10.1 Å². The van der Waals surface area contributed by atoms with Crippen LogP contribution < -0.4 is 5.32 Å². The summed E-state index contributed by atoms with van der Waals surface area (Å²) in [5.74, 6) is 0. The normalized spacial score (nSPS) is 23.2. The highest BCUT2D eigenvalue weighted by Crippen LogP contribution is 2.33. The molecule has 1 saturated carbocycles. The predicted molar refractivity (Wildman–Crippen MR) is 83.3 cm³/mol. The van der Waals surface area contributed by atoms with Crippen LogP contribution in [-0.4, -0.2) is 22.8 Å². The first-order valence-corrected chi connectivity index (χ1v) is 8.23. The third kappa shape index (κ3) is 4.21. The molecule has 5 heteroatoms. The van der Waals surface area contributed by atoms with E-state index in [4.69, 9.17) is 0 Å². The SMILES string of the molecule is CCNC1CCCCCC1Sc1ccc([N+](=O)[O-])cc1. The van der Waals surface area contributed by atoms with Gasteiger partial charge < -0.3 is 5.32 Å². The summed E-state index contributed by atoms with van der Waals surface area (Å²) < 4.78 is 0. The van der Waals surface area contributed by atoms with E-state index in [1.807, 2.05) is 23.9 Å². The quantitative estimate of drug-likeness (QED) is 0.506. The van der Waals surface area contributed by atoms with Crippen molar-refractivity contribution in [1.29, 1.82) is 0 Å². The van der Waals surface area contributed by atoms with Crippen LogP contribution in [0.5, 0.6) is 0 Å². The molecular weight excluding hydrogens is 272 g/mol. The van der Waals surface area contributed by atoms with Crippen LogP contribution in [0.1, 0.15) is 39.0 Å². The molecule has 1 N–H and O–H groups in total. The number of hydrogen-bond donors (Lipinski definition) is 1. The Bertz CT molecular complexity index is 436. The molecule has 0 aliphatic heterocycles. The van der Waals surface area contributed by atoms with Gasteiger partial charge in [-0.15, -0.1) is 11.8 Å². The molecule has 1 aromatic rings. The van der Waals surface area contributed by atoms with Crippen molar-refractivity contribution in [2.45, 2.75) is 55.2 Å². The molecule has 1 aromatic carbocycles. The van der Waals surface area contributed by atoms with Crippen molar-refractivity contribution < 1.29 is 4.92 Å². The molecule has 0 heterocycles. The van der Waals surface area contributed by atoms with Gasteiger partial charge in [0.25, 0.3) is 5.69 Å². The fourth-order valence-corrected chi connectivity index (χ4v) is 4.06. The van der Waals surface area contributed by atoms with Crippen LogP contribution in [-0.2, 0) is 0 Å². The van der Waals surface area contributed by atoms with Crippen LogP contribution in [0.15, 0.2) is 29.2 Å². The minimum absolute atomic E-state index is 0.165. The summed E-state index contributed by atoms with van der Waals surface area (Å²) >= 11 is 1.86. The second kappa shape index (κ2) is 7.64. The number of rotatable bonds is 5. The third-order valence-electron chi connectivity index (χ3n) is 3.75. The fraction of sp³-hybridized carbons (Fsp3) is 0.600. The first-order valence-electron chi connectivity index (χ1n) is 7.35. The molecule has 2 rings (SSSR count). The summed E-state index contributed by atoms with van der Waals surface area (Å²) in [6, 6.07) is 7.50.